The quantitative estimate of drug-likeness (QED) is 0.617. The molecule has 1 N–H and O–H groups in total. The number of aromatic nitrogens is 2. The molecule has 6 heteroatoms. The molecule has 2 aliphatic rings. The van der Waals surface area contributed by atoms with Crippen molar-refractivity contribution in [2.45, 2.75) is 0 Å². The third-order valence-electron chi connectivity index (χ3n) is 3.72. The Labute approximate surface area is 129 Å². The molecule has 0 saturated heterocycles. The highest BCUT2D eigenvalue weighted by molar-refractivity contribution is 5.79. The van der Waals surface area contributed by atoms with Crippen LogP contribution in [0.15, 0.2) is 62.5 Å². The lowest BCUT2D eigenvalue weighted by atomic mass is 10.1. The van der Waals surface area contributed by atoms with Crippen molar-refractivity contribution in [1.29, 1.82) is 0 Å². The first-order chi connectivity index (χ1) is 11.2. The van der Waals surface area contributed by atoms with E-state index in [1.54, 1.807) is 43.5 Å². The van der Waals surface area contributed by atoms with Crippen molar-refractivity contribution in [2.24, 2.45) is 0 Å². The second-order valence-electron chi connectivity index (χ2n) is 5.14. The number of ether oxygens (including phenoxy) is 1. The van der Waals surface area contributed by atoms with E-state index in [0.29, 0.717) is 33.9 Å². The normalized spacial score (nSPS) is 11.2. The maximum absolute atomic E-state index is 12.6. The largest absolute Gasteiger partial charge is 0.497 e. The summed E-state index contributed by atoms with van der Waals surface area (Å²) in [5.74, 6) is 1.14. The molecule has 1 aliphatic carbocycles. The predicted octanol–water partition coefficient (Wildman–Crippen LogP) is 2.39. The number of methoxy groups -OCH3 is 1. The highest BCUT2D eigenvalue weighted by Gasteiger charge is 2.14. The van der Waals surface area contributed by atoms with E-state index in [4.69, 9.17) is 9.15 Å². The fourth-order valence-corrected chi connectivity index (χ4v) is 2.54. The molecule has 114 valence electrons. The van der Waals surface area contributed by atoms with Crippen molar-refractivity contribution in [3.8, 4) is 22.8 Å². The molecule has 0 radical (unpaired) electrons. The third-order valence-corrected chi connectivity index (χ3v) is 3.72. The number of fused-ring (bicyclic) bond motifs is 2. The van der Waals surface area contributed by atoms with Crippen LogP contribution in [0.25, 0.3) is 28.1 Å². The number of H-pyrrole nitrogens is 1. The van der Waals surface area contributed by atoms with E-state index >= 15 is 0 Å². The van der Waals surface area contributed by atoms with Gasteiger partial charge in [0.2, 0.25) is 5.71 Å². The molecule has 0 fully saturated rings. The molecule has 0 atom stereocenters. The maximum Gasteiger partial charge on any atom is 0.282 e. The van der Waals surface area contributed by atoms with Crippen LogP contribution in [0.5, 0.6) is 5.75 Å². The molecule has 0 amide bonds. The Bertz CT molecular complexity index is 1090. The summed E-state index contributed by atoms with van der Waals surface area (Å²) in [7, 11) is 1.58. The van der Waals surface area contributed by atoms with Gasteiger partial charge in [0.1, 0.15) is 16.9 Å². The number of aromatic amines is 1. The number of benzene rings is 2. The Hall–Kier alpha value is -3.28. The lowest BCUT2D eigenvalue weighted by Gasteiger charge is -2.03. The van der Waals surface area contributed by atoms with Gasteiger partial charge in [-0.05, 0) is 42.5 Å². The lowest BCUT2D eigenvalue weighted by Crippen LogP contribution is -2.14. The van der Waals surface area contributed by atoms with E-state index in [1.807, 2.05) is 0 Å². The van der Waals surface area contributed by atoms with E-state index < -0.39 is 0 Å². The number of nitrogens with one attached hydrogen (secondary N) is 1. The molecule has 0 unspecified atom stereocenters. The van der Waals surface area contributed by atoms with Gasteiger partial charge >= 0.3 is 0 Å². The summed E-state index contributed by atoms with van der Waals surface area (Å²) >= 11 is 0. The standard InChI is InChI=1S/C17H12N2O4/c1-22-13-6-3-11(4-7-13)19-17(21)14-8-10-2-5-12(20)9-15(10)23-16(14)18-19/h2-9,18H,1H3. The number of nitrogens with zero attached hydrogens (tertiary/aromatic N) is 1. The molecular weight excluding hydrogens is 296 g/mol. The molecule has 0 bridgehead atoms. The molecule has 1 aromatic heterocycles. The summed E-state index contributed by atoms with van der Waals surface area (Å²) in [6.45, 7) is 0. The van der Waals surface area contributed by atoms with E-state index in [1.165, 1.54) is 16.8 Å². The Morgan fingerprint density at radius 2 is 1.83 bits per heavy atom. The van der Waals surface area contributed by atoms with Crippen molar-refractivity contribution < 1.29 is 9.15 Å². The van der Waals surface area contributed by atoms with E-state index in [9.17, 15) is 9.59 Å². The van der Waals surface area contributed by atoms with Gasteiger partial charge in [0.15, 0.2) is 5.43 Å². The Morgan fingerprint density at radius 3 is 2.57 bits per heavy atom. The summed E-state index contributed by atoms with van der Waals surface area (Å²) in [6.07, 6.45) is 0. The highest BCUT2D eigenvalue weighted by atomic mass is 16.5. The Kier molecular flexibility index (Phi) is 2.84. The molecule has 4 rings (SSSR count). The molecule has 6 nitrogen and oxygen atoms in total. The van der Waals surface area contributed by atoms with Crippen LogP contribution < -0.4 is 15.7 Å². The van der Waals surface area contributed by atoms with Crippen molar-refractivity contribution in [1.82, 2.24) is 9.78 Å². The lowest BCUT2D eigenvalue weighted by molar-refractivity contribution is 0.414. The molecule has 23 heavy (non-hydrogen) atoms. The molecule has 1 aliphatic heterocycles. The minimum Gasteiger partial charge on any atom is -0.497 e. The van der Waals surface area contributed by atoms with Crippen LogP contribution in [0.3, 0.4) is 0 Å². The van der Waals surface area contributed by atoms with Gasteiger partial charge < -0.3 is 9.15 Å². The van der Waals surface area contributed by atoms with E-state index in [0.717, 1.165) is 0 Å². The zero-order chi connectivity index (χ0) is 16.0. The van der Waals surface area contributed by atoms with Crippen molar-refractivity contribution in [3.63, 3.8) is 0 Å². The van der Waals surface area contributed by atoms with Crippen molar-refractivity contribution >= 4 is 11.1 Å². The van der Waals surface area contributed by atoms with Gasteiger partial charge in [0, 0.05) is 11.6 Å². The Morgan fingerprint density at radius 1 is 1.04 bits per heavy atom. The van der Waals surface area contributed by atoms with Gasteiger partial charge in [0.05, 0.1) is 12.8 Å². The zero-order valence-electron chi connectivity index (χ0n) is 12.2. The van der Waals surface area contributed by atoms with Crippen LogP contribution in [0, 0.1) is 0 Å². The van der Waals surface area contributed by atoms with Crippen LogP contribution in [-0.4, -0.2) is 16.9 Å². The smallest absolute Gasteiger partial charge is 0.282 e. The van der Waals surface area contributed by atoms with Crippen LogP contribution >= 0.6 is 0 Å². The minimum absolute atomic E-state index is 0.141. The van der Waals surface area contributed by atoms with Crippen LogP contribution in [0.1, 0.15) is 0 Å². The Balaban J connectivity index is 1.96. The summed E-state index contributed by atoms with van der Waals surface area (Å²) < 4.78 is 12.2. The van der Waals surface area contributed by atoms with Gasteiger partial charge in [-0.1, -0.05) is 0 Å². The van der Waals surface area contributed by atoms with Gasteiger partial charge in [-0.3, -0.25) is 14.7 Å². The zero-order valence-corrected chi connectivity index (χ0v) is 12.2. The van der Waals surface area contributed by atoms with Gasteiger partial charge in [-0.15, -0.1) is 0 Å². The number of hydrogen-bond acceptors (Lipinski definition) is 4. The first-order valence-corrected chi connectivity index (χ1v) is 6.99. The molecule has 2 heterocycles. The SMILES string of the molecule is COc1ccc(-n2[nH]c3oc4cc(=O)ccc-4cc3c2=O)cc1. The molecule has 0 spiro atoms. The van der Waals surface area contributed by atoms with Crippen LogP contribution in [0.2, 0.25) is 0 Å². The summed E-state index contributed by atoms with van der Waals surface area (Å²) in [5.41, 5.74) is 1.33. The van der Waals surface area contributed by atoms with Crippen molar-refractivity contribution in [2.75, 3.05) is 7.11 Å². The first-order valence-electron chi connectivity index (χ1n) is 6.99. The van der Waals surface area contributed by atoms with Crippen molar-refractivity contribution in [3.05, 3.63) is 69.1 Å². The van der Waals surface area contributed by atoms with Gasteiger partial charge in [0.25, 0.3) is 5.56 Å². The van der Waals surface area contributed by atoms with Crippen LogP contribution in [0.4, 0.5) is 0 Å². The van der Waals surface area contributed by atoms with Gasteiger partial charge in [-0.2, -0.15) is 0 Å². The predicted molar refractivity (Wildman–Crippen MR) is 85.6 cm³/mol. The molecule has 1 aromatic carbocycles. The second kappa shape index (κ2) is 4.88. The maximum atomic E-state index is 12.6. The topological polar surface area (TPSA) is 77.2 Å². The van der Waals surface area contributed by atoms with Gasteiger partial charge in [-0.25, -0.2) is 4.68 Å². The summed E-state index contributed by atoms with van der Waals surface area (Å²) in [5, 5.41) is 3.35. The average molecular weight is 308 g/mol. The summed E-state index contributed by atoms with van der Waals surface area (Å²) in [6, 6.07) is 13.3. The summed E-state index contributed by atoms with van der Waals surface area (Å²) in [4.78, 5) is 24.0. The number of hydrogen-bond donors (Lipinski definition) is 1. The average Bonchev–Trinajstić information content (AvgIpc) is 2.89. The second-order valence-corrected chi connectivity index (χ2v) is 5.14. The van der Waals surface area contributed by atoms with E-state index in [-0.39, 0.29) is 11.0 Å². The number of rotatable bonds is 2. The van der Waals surface area contributed by atoms with E-state index in [2.05, 4.69) is 5.10 Å². The van der Waals surface area contributed by atoms with Crippen LogP contribution in [-0.2, 0) is 0 Å². The first kappa shape index (κ1) is 13.4. The third kappa shape index (κ3) is 2.12. The minimum atomic E-state index is -0.220. The molecule has 0 saturated carbocycles. The monoisotopic (exact) mass is 308 g/mol. The fraction of sp³-hybridized carbons (Fsp3) is 0.0588. The molecular formula is C17H12N2O4. The fourth-order valence-electron chi connectivity index (χ4n) is 2.54. The molecule has 2 aromatic rings. The highest BCUT2D eigenvalue weighted by Crippen LogP contribution is 2.24.